The summed E-state index contributed by atoms with van der Waals surface area (Å²) in [4.78, 5) is 14.3. The largest absolute Gasteiger partial charge is 0.497 e. The summed E-state index contributed by atoms with van der Waals surface area (Å²) in [5, 5.41) is 2.42. The molecule has 7 heteroatoms. The first kappa shape index (κ1) is 17.4. The molecule has 2 amide bonds. The number of rotatable bonds is 4. The number of ether oxygens (including phenoxy) is 2. The molecule has 1 aliphatic heterocycles. The highest BCUT2D eigenvalue weighted by atomic mass is 32.2. The Balaban J connectivity index is 1.85. The third-order valence-electron chi connectivity index (χ3n) is 3.97. The number of thioether (sulfide) groups is 1. The maximum Gasteiger partial charge on any atom is 0.323 e. The van der Waals surface area contributed by atoms with Gasteiger partial charge in [-0.15, -0.1) is 11.8 Å². The average Bonchev–Trinajstić information content (AvgIpc) is 3.12. The molecule has 0 saturated carbocycles. The Morgan fingerprint density at radius 3 is 2.76 bits per heavy atom. The summed E-state index contributed by atoms with van der Waals surface area (Å²) < 4.78 is 24.5. The van der Waals surface area contributed by atoms with Gasteiger partial charge in [-0.25, -0.2) is 9.18 Å². The van der Waals surface area contributed by atoms with Crippen molar-refractivity contribution in [2.24, 2.45) is 0 Å². The second-order valence-electron chi connectivity index (χ2n) is 5.43. The number of halogens is 1. The van der Waals surface area contributed by atoms with Crippen LogP contribution in [-0.4, -0.2) is 37.4 Å². The highest BCUT2D eigenvalue weighted by Gasteiger charge is 2.33. The third-order valence-corrected chi connectivity index (χ3v) is 5.21. The van der Waals surface area contributed by atoms with E-state index in [1.165, 1.54) is 12.1 Å². The summed E-state index contributed by atoms with van der Waals surface area (Å²) in [5.41, 5.74) is 1.02. The highest BCUT2D eigenvalue weighted by Crippen LogP contribution is 2.43. The molecule has 1 saturated heterocycles. The lowest BCUT2D eigenvalue weighted by molar-refractivity contribution is 0.213. The van der Waals surface area contributed by atoms with Crippen molar-refractivity contribution in [3.8, 4) is 11.5 Å². The van der Waals surface area contributed by atoms with Crippen LogP contribution in [0.2, 0.25) is 0 Å². The molecular weight excluding hydrogens is 343 g/mol. The molecule has 0 bridgehead atoms. The molecule has 1 N–H and O–H groups in total. The molecule has 132 valence electrons. The van der Waals surface area contributed by atoms with Crippen LogP contribution in [0.25, 0.3) is 0 Å². The van der Waals surface area contributed by atoms with Gasteiger partial charge in [0.25, 0.3) is 0 Å². The van der Waals surface area contributed by atoms with Crippen molar-refractivity contribution < 1.29 is 18.7 Å². The Kier molecular flexibility index (Phi) is 5.33. The fourth-order valence-corrected chi connectivity index (χ4v) is 3.99. The Morgan fingerprint density at radius 1 is 1.24 bits per heavy atom. The van der Waals surface area contributed by atoms with Crippen molar-refractivity contribution in [2.75, 3.05) is 31.8 Å². The van der Waals surface area contributed by atoms with Crippen LogP contribution in [0.3, 0.4) is 0 Å². The summed E-state index contributed by atoms with van der Waals surface area (Å²) in [5.74, 6) is 1.70. The molecule has 0 aromatic heterocycles. The molecule has 1 atom stereocenters. The smallest absolute Gasteiger partial charge is 0.323 e. The first-order valence-corrected chi connectivity index (χ1v) is 8.84. The Bertz CT molecular complexity index is 772. The van der Waals surface area contributed by atoms with Gasteiger partial charge in [-0.3, -0.25) is 0 Å². The maximum absolute atomic E-state index is 13.8. The molecule has 0 radical (unpaired) electrons. The number of methoxy groups -OCH3 is 2. The second-order valence-corrected chi connectivity index (χ2v) is 6.62. The zero-order valence-electron chi connectivity index (χ0n) is 14.0. The van der Waals surface area contributed by atoms with Gasteiger partial charge >= 0.3 is 6.03 Å². The van der Waals surface area contributed by atoms with E-state index < -0.39 is 5.82 Å². The fraction of sp³-hybridized carbons (Fsp3) is 0.278. The van der Waals surface area contributed by atoms with E-state index in [2.05, 4.69) is 5.32 Å². The van der Waals surface area contributed by atoms with Gasteiger partial charge in [0.2, 0.25) is 0 Å². The predicted octanol–water partition coefficient (Wildman–Crippen LogP) is 4.12. The van der Waals surface area contributed by atoms with Crippen molar-refractivity contribution in [2.45, 2.75) is 5.37 Å². The van der Waals surface area contributed by atoms with E-state index in [1.54, 1.807) is 43.0 Å². The number of hydrogen-bond acceptors (Lipinski definition) is 4. The number of anilines is 1. The standard InChI is InChI=1S/C18H19FN2O3S/c1-23-12-7-8-16(24-2)13(11-12)17-21(9-10-25-17)18(22)20-15-6-4-3-5-14(15)19/h3-8,11,17H,9-10H2,1-2H3,(H,20,22)/t17-/m1/s1. The summed E-state index contributed by atoms with van der Waals surface area (Å²) in [6, 6.07) is 11.3. The van der Waals surface area contributed by atoms with Gasteiger partial charge in [0.05, 0.1) is 19.9 Å². The summed E-state index contributed by atoms with van der Waals surface area (Å²) >= 11 is 1.63. The maximum atomic E-state index is 13.8. The molecule has 0 unspecified atom stereocenters. The minimum Gasteiger partial charge on any atom is -0.497 e. The molecule has 2 aromatic carbocycles. The third kappa shape index (κ3) is 3.66. The average molecular weight is 362 g/mol. The van der Waals surface area contributed by atoms with Crippen LogP contribution in [0.4, 0.5) is 14.9 Å². The number of urea groups is 1. The zero-order chi connectivity index (χ0) is 17.8. The van der Waals surface area contributed by atoms with Crippen LogP contribution in [-0.2, 0) is 0 Å². The molecule has 0 spiro atoms. The number of amides is 2. The zero-order valence-corrected chi connectivity index (χ0v) is 14.8. The van der Waals surface area contributed by atoms with E-state index >= 15 is 0 Å². The first-order valence-electron chi connectivity index (χ1n) is 7.79. The van der Waals surface area contributed by atoms with Gasteiger partial charge in [0.1, 0.15) is 22.7 Å². The van der Waals surface area contributed by atoms with Crippen molar-refractivity contribution in [1.82, 2.24) is 4.90 Å². The number of benzene rings is 2. The van der Waals surface area contributed by atoms with Crippen LogP contribution in [0.5, 0.6) is 11.5 Å². The summed E-state index contributed by atoms with van der Waals surface area (Å²) in [6.07, 6.45) is 0. The molecular formula is C18H19FN2O3S. The van der Waals surface area contributed by atoms with Gasteiger partial charge in [0.15, 0.2) is 0 Å². The minimum absolute atomic E-state index is 0.167. The normalized spacial score (nSPS) is 16.6. The lowest BCUT2D eigenvalue weighted by Gasteiger charge is -2.26. The van der Waals surface area contributed by atoms with Gasteiger partial charge < -0.3 is 19.7 Å². The number of hydrogen-bond donors (Lipinski definition) is 1. The molecule has 3 rings (SSSR count). The Hall–Kier alpha value is -2.41. The molecule has 25 heavy (non-hydrogen) atoms. The van der Waals surface area contributed by atoms with E-state index in [4.69, 9.17) is 9.47 Å². The van der Waals surface area contributed by atoms with Crippen molar-refractivity contribution >= 4 is 23.5 Å². The van der Waals surface area contributed by atoms with E-state index in [9.17, 15) is 9.18 Å². The molecule has 1 fully saturated rings. The lowest BCUT2D eigenvalue weighted by atomic mass is 10.1. The summed E-state index contributed by atoms with van der Waals surface area (Å²) in [6.45, 7) is 0.565. The Labute approximate surface area is 150 Å². The number of carbonyl (C=O) groups is 1. The van der Waals surface area contributed by atoms with Gasteiger partial charge in [-0.1, -0.05) is 12.1 Å². The van der Waals surface area contributed by atoms with Crippen LogP contribution < -0.4 is 14.8 Å². The number of carbonyl (C=O) groups excluding carboxylic acids is 1. The molecule has 1 heterocycles. The number of para-hydroxylation sites is 1. The molecule has 0 aliphatic carbocycles. The second kappa shape index (κ2) is 7.65. The highest BCUT2D eigenvalue weighted by molar-refractivity contribution is 7.99. The fourth-order valence-electron chi connectivity index (χ4n) is 2.72. The van der Waals surface area contributed by atoms with Gasteiger partial charge in [-0.05, 0) is 30.3 Å². The lowest BCUT2D eigenvalue weighted by Crippen LogP contribution is -2.34. The predicted molar refractivity (Wildman–Crippen MR) is 96.9 cm³/mol. The van der Waals surface area contributed by atoms with Crippen molar-refractivity contribution in [3.05, 3.63) is 53.8 Å². The van der Waals surface area contributed by atoms with E-state index in [0.29, 0.717) is 18.0 Å². The van der Waals surface area contributed by atoms with E-state index in [1.807, 2.05) is 18.2 Å². The number of nitrogens with one attached hydrogen (secondary N) is 1. The van der Waals surface area contributed by atoms with Crippen LogP contribution in [0, 0.1) is 5.82 Å². The summed E-state index contributed by atoms with van der Waals surface area (Å²) in [7, 11) is 3.19. The minimum atomic E-state index is -0.460. The van der Waals surface area contributed by atoms with Crippen LogP contribution >= 0.6 is 11.8 Å². The molecule has 2 aromatic rings. The van der Waals surface area contributed by atoms with Crippen molar-refractivity contribution in [1.29, 1.82) is 0 Å². The number of nitrogens with zero attached hydrogens (tertiary/aromatic N) is 1. The molecule has 5 nitrogen and oxygen atoms in total. The van der Waals surface area contributed by atoms with Crippen LogP contribution in [0.15, 0.2) is 42.5 Å². The molecule has 1 aliphatic rings. The Morgan fingerprint density at radius 2 is 2.04 bits per heavy atom. The topological polar surface area (TPSA) is 50.8 Å². The SMILES string of the molecule is COc1ccc(OC)c([C@H]2SCCN2C(=O)Nc2ccccc2F)c1. The van der Waals surface area contributed by atoms with E-state index in [0.717, 1.165) is 11.3 Å². The van der Waals surface area contributed by atoms with Crippen molar-refractivity contribution in [3.63, 3.8) is 0 Å². The van der Waals surface area contributed by atoms with Gasteiger partial charge in [-0.2, -0.15) is 0 Å². The van der Waals surface area contributed by atoms with Crippen LogP contribution in [0.1, 0.15) is 10.9 Å². The monoisotopic (exact) mass is 362 g/mol. The quantitative estimate of drug-likeness (QED) is 0.889. The van der Waals surface area contributed by atoms with E-state index in [-0.39, 0.29) is 17.1 Å². The first-order chi connectivity index (χ1) is 12.1. The van der Waals surface area contributed by atoms with Gasteiger partial charge in [0, 0.05) is 17.9 Å².